The molecule has 10 rings (SSSR count). The molecule has 0 aliphatic heterocycles. The number of rotatable bonds is 0. The zero-order chi connectivity index (χ0) is 34.7. The van der Waals surface area contributed by atoms with Crippen molar-refractivity contribution >= 4 is 56.1 Å². The third-order valence-corrected chi connectivity index (χ3v) is 10.2. The number of allylic oxidation sites excluding steroid dienone is 10. The second kappa shape index (κ2) is 20.5. The van der Waals surface area contributed by atoms with E-state index < -0.39 is 0 Å². The average Bonchev–Trinajstić information content (AvgIpc) is 3.90. The number of benzene rings is 5. The van der Waals surface area contributed by atoms with Crippen molar-refractivity contribution < 1.29 is 24.2 Å². The molecule has 2 atom stereocenters. The van der Waals surface area contributed by atoms with Crippen LogP contribution in [-0.2, 0) is 30.7 Å². The number of hydrogen-bond acceptors (Lipinski definition) is 0. The molecule has 1 saturated carbocycles. The van der Waals surface area contributed by atoms with Crippen molar-refractivity contribution in [2.75, 3.05) is 0 Å². The molecule has 0 spiro atoms. The van der Waals surface area contributed by atoms with Gasteiger partial charge in [-0.2, -0.15) is 48.8 Å². The van der Waals surface area contributed by atoms with Crippen molar-refractivity contribution in [2.45, 2.75) is 44.9 Å². The first-order valence-corrected chi connectivity index (χ1v) is 19.6. The van der Waals surface area contributed by atoms with Crippen LogP contribution in [0.3, 0.4) is 0 Å². The van der Waals surface area contributed by atoms with Crippen LogP contribution < -0.4 is 0 Å². The summed E-state index contributed by atoms with van der Waals surface area (Å²) in [5.74, 6) is 1.60. The van der Waals surface area contributed by atoms with E-state index in [1.807, 2.05) is 60.7 Å². The number of halogens is 2. The fourth-order valence-electron chi connectivity index (χ4n) is 7.98. The van der Waals surface area contributed by atoms with Gasteiger partial charge in [-0.25, -0.2) is 24.1 Å². The molecule has 266 valence electrons. The maximum absolute atomic E-state index is 3.95. The molecule has 3 heteroatoms. The van der Waals surface area contributed by atoms with Crippen LogP contribution in [0.15, 0.2) is 156 Å². The van der Waals surface area contributed by atoms with Gasteiger partial charge >= 0.3 is 28.4 Å². The van der Waals surface area contributed by atoms with E-state index in [-0.39, 0.29) is 24.8 Å². The summed E-state index contributed by atoms with van der Waals surface area (Å²) in [5, 5.41) is 5.02. The molecule has 0 radical (unpaired) electrons. The van der Waals surface area contributed by atoms with Gasteiger partial charge in [-0.15, -0.1) is 72.7 Å². The molecule has 52 heavy (non-hydrogen) atoms. The first-order chi connectivity index (χ1) is 24.7. The van der Waals surface area contributed by atoms with Crippen molar-refractivity contribution in [1.82, 2.24) is 0 Å². The number of hydrogen-bond donors (Lipinski definition) is 0. The Kier molecular flexibility index (Phi) is 16.2. The van der Waals surface area contributed by atoms with Crippen LogP contribution in [0, 0.1) is 38.2 Å². The summed E-state index contributed by atoms with van der Waals surface area (Å²) in [7, 11) is 0. The Balaban J connectivity index is 0.000000167. The van der Waals surface area contributed by atoms with Crippen molar-refractivity contribution in [1.29, 1.82) is 0 Å². The van der Waals surface area contributed by atoms with Gasteiger partial charge in [-0.1, -0.05) is 125 Å². The Morgan fingerprint density at radius 1 is 0.692 bits per heavy atom. The van der Waals surface area contributed by atoms with Gasteiger partial charge in [0.25, 0.3) is 0 Å². The van der Waals surface area contributed by atoms with Crippen LogP contribution in [0.1, 0.15) is 60.8 Å². The Morgan fingerprint density at radius 2 is 1.31 bits per heavy atom. The first-order valence-electron chi connectivity index (χ1n) is 17.9. The molecule has 0 N–H and O–H groups in total. The Bertz CT molecular complexity index is 2000. The van der Waals surface area contributed by atoms with Gasteiger partial charge in [0.05, 0.1) is 0 Å². The predicted octanol–water partition coefficient (Wildman–Crippen LogP) is 13.4. The molecule has 5 aromatic rings. The molecule has 2 unspecified atom stereocenters. The molecule has 5 aromatic carbocycles. The van der Waals surface area contributed by atoms with E-state index in [0.29, 0.717) is 0 Å². The fraction of sp³-hybridized carbons (Fsp3) is 0.184. The summed E-state index contributed by atoms with van der Waals surface area (Å²) < 4.78 is 3.34. The summed E-state index contributed by atoms with van der Waals surface area (Å²) in [6, 6.07) is 38.0. The van der Waals surface area contributed by atoms with Crippen molar-refractivity contribution in [3.8, 4) is 0 Å². The van der Waals surface area contributed by atoms with E-state index in [1.54, 1.807) is 27.9 Å². The molecular weight excluding hydrogens is 751 g/mol. The van der Waals surface area contributed by atoms with E-state index in [2.05, 4.69) is 109 Å². The molecule has 5 aliphatic rings. The molecule has 0 saturated heterocycles. The molecule has 0 heterocycles. The average molecular weight is 799 g/mol. The van der Waals surface area contributed by atoms with Crippen LogP contribution >= 0.6 is 24.8 Å². The number of fused-ring (bicyclic) bond motifs is 8. The van der Waals surface area contributed by atoms with Crippen molar-refractivity contribution in [3.05, 3.63) is 205 Å². The molecule has 0 aromatic heterocycles. The topological polar surface area (TPSA) is 0 Å². The summed E-state index contributed by atoms with van der Waals surface area (Å²) >= 11 is 1.30. The van der Waals surface area contributed by atoms with Crippen LogP contribution in [0.5, 0.6) is 0 Å². The van der Waals surface area contributed by atoms with Gasteiger partial charge in [0.1, 0.15) is 0 Å². The zero-order valence-corrected chi connectivity index (χ0v) is 34.0. The van der Waals surface area contributed by atoms with E-state index >= 15 is 0 Å². The second-order valence-corrected chi connectivity index (χ2v) is 13.2. The third kappa shape index (κ3) is 9.43. The van der Waals surface area contributed by atoms with E-state index in [9.17, 15) is 0 Å². The van der Waals surface area contributed by atoms with Crippen LogP contribution in [0.25, 0.3) is 27.1 Å². The van der Waals surface area contributed by atoms with E-state index in [0.717, 1.165) is 35.8 Å². The molecule has 0 nitrogen and oxygen atoms in total. The summed E-state index contributed by atoms with van der Waals surface area (Å²) in [4.78, 5) is 0. The third-order valence-electron chi connectivity index (χ3n) is 10.2. The normalized spacial score (nSPS) is 18.0. The van der Waals surface area contributed by atoms with E-state index in [1.165, 1.54) is 83.4 Å². The van der Waals surface area contributed by atoms with Gasteiger partial charge < -0.3 is 0 Å². The second-order valence-electron chi connectivity index (χ2n) is 13.2. The zero-order valence-electron chi connectivity index (χ0n) is 29.9. The van der Waals surface area contributed by atoms with Crippen LogP contribution in [0.4, 0.5) is 0 Å². The van der Waals surface area contributed by atoms with Crippen LogP contribution in [0.2, 0.25) is 0 Å². The molecule has 0 amide bonds. The van der Waals surface area contributed by atoms with Crippen molar-refractivity contribution in [3.63, 3.8) is 0 Å². The maximum atomic E-state index is 3.95. The molecular formula is C49H48Cl2Zr-4. The Morgan fingerprint density at radius 3 is 1.90 bits per heavy atom. The fourth-order valence-corrected chi connectivity index (χ4v) is 7.98. The van der Waals surface area contributed by atoms with Gasteiger partial charge in [-0.05, 0) is 36.7 Å². The Hall–Kier alpha value is -3.74. The minimum absolute atomic E-state index is 0. The van der Waals surface area contributed by atoms with Gasteiger partial charge in [-0.3, -0.25) is 6.08 Å². The quantitative estimate of drug-likeness (QED) is 0.137. The molecule has 0 bridgehead atoms. The van der Waals surface area contributed by atoms with Gasteiger partial charge in [0.15, 0.2) is 0 Å². The van der Waals surface area contributed by atoms with Crippen LogP contribution in [-0.4, -0.2) is 4.21 Å². The van der Waals surface area contributed by atoms with Gasteiger partial charge in [0, 0.05) is 0 Å². The summed E-state index contributed by atoms with van der Waals surface area (Å²) in [6.07, 6.45) is 25.3. The summed E-state index contributed by atoms with van der Waals surface area (Å²) in [5.41, 5.74) is 11.9. The monoisotopic (exact) mass is 796 g/mol. The molecule has 5 aliphatic carbocycles. The van der Waals surface area contributed by atoms with Crippen molar-refractivity contribution in [2.24, 2.45) is 11.8 Å². The standard InChI is InChI=1S/C21H21.2C11H9.C5H5.CH2.2ClH.Zr/c1-2-8-15-14(7-1)13-20-18-11-4-3-9-16(18)17-10-5-6-12-19(17)21(15)20;2*1-9-5-4-7-10-6-2-3-8-11(9)10;1-2-4-5-3-1;;;;/h1-2,6-8,11-12,16-17H,3-5,9-10,13H2;2*2-8H,1H2;1-3H,4H2;1H2;2*1H;/q4*-1;;;;. The first kappa shape index (κ1) is 41.0. The SMILES string of the molecule is C1=CC2=C3C(=C4[CH-]CCCC4C2CC1)Cc1ccccc13.Cl.Cl.[C-]1=CC=CC1.[CH2-]c1cccc2ccccc12.[CH2-]c1cccc2ccccc12.[CH2]=[Zr]. The minimum atomic E-state index is 0. The molecule has 1 fully saturated rings. The Labute approximate surface area is 339 Å². The van der Waals surface area contributed by atoms with Gasteiger partial charge in [0.2, 0.25) is 0 Å². The summed E-state index contributed by atoms with van der Waals surface area (Å²) in [6.45, 7) is 7.90. The van der Waals surface area contributed by atoms with E-state index in [4.69, 9.17) is 0 Å². The predicted molar refractivity (Wildman–Crippen MR) is 228 cm³/mol.